The van der Waals surface area contributed by atoms with Crippen molar-refractivity contribution < 1.29 is 15.0 Å². The molecule has 5 heteroatoms. The van der Waals surface area contributed by atoms with Crippen LogP contribution in [0.3, 0.4) is 0 Å². The first-order chi connectivity index (χ1) is 7.34. The Hall–Kier alpha value is -0.260. The maximum atomic E-state index is 11.1. The molecule has 0 aromatic heterocycles. The molecule has 0 aromatic rings. The van der Waals surface area contributed by atoms with Crippen molar-refractivity contribution in [3.8, 4) is 0 Å². The molecule has 1 heterocycles. The minimum atomic E-state index is -0.824. The highest BCUT2D eigenvalue weighted by Crippen LogP contribution is 2.23. The van der Waals surface area contributed by atoms with Crippen molar-refractivity contribution in [3.05, 3.63) is 0 Å². The van der Waals surface area contributed by atoms with Crippen LogP contribution in [0.15, 0.2) is 0 Å². The lowest BCUT2D eigenvalue weighted by atomic mass is 9.91. The van der Waals surface area contributed by atoms with Crippen LogP contribution in [-0.4, -0.2) is 57.3 Å². The molecular formula is C11H21NO3S. The fourth-order valence-corrected chi connectivity index (χ4v) is 2.76. The van der Waals surface area contributed by atoms with Crippen LogP contribution in [0, 0.1) is 5.92 Å². The van der Waals surface area contributed by atoms with E-state index in [2.05, 4.69) is 0 Å². The summed E-state index contributed by atoms with van der Waals surface area (Å²) in [5.74, 6) is 0.893. The second-order valence-electron chi connectivity index (χ2n) is 4.91. The number of hydrogen-bond donors (Lipinski definition) is 2. The lowest BCUT2D eigenvalue weighted by molar-refractivity contribution is -0.144. The second-order valence-corrected chi connectivity index (χ2v) is 6.06. The number of rotatable bonds is 4. The molecule has 16 heavy (non-hydrogen) atoms. The minimum absolute atomic E-state index is 0.122. The van der Waals surface area contributed by atoms with Crippen LogP contribution in [0.5, 0.6) is 0 Å². The SMILES string of the molecule is CC(C)C(C)(O)CN1CCSCC1C(=O)O. The van der Waals surface area contributed by atoms with Crippen LogP contribution in [0.2, 0.25) is 0 Å². The van der Waals surface area contributed by atoms with Crippen LogP contribution in [0.25, 0.3) is 0 Å². The molecule has 4 nitrogen and oxygen atoms in total. The van der Waals surface area contributed by atoms with Gasteiger partial charge in [0.2, 0.25) is 0 Å². The molecule has 0 aliphatic carbocycles. The summed E-state index contributed by atoms with van der Waals surface area (Å²) in [5.41, 5.74) is -0.824. The van der Waals surface area contributed by atoms with Gasteiger partial charge in [-0.2, -0.15) is 11.8 Å². The van der Waals surface area contributed by atoms with E-state index >= 15 is 0 Å². The van der Waals surface area contributed by atoms with Crippen LogP contribution in [-0.2, 0) is 4.79 Å². The first kappa shape index (κ1) is 13.8. The van der Waals surface area contributed by atoms with Gasteiger partial charge in [-0.3, -0.25) is 9.69 Å². The first-order valence-electron chi connectivity index (χ1n) is 5.61. The van der Waals surface area contributed by atoms with Gasteiger partial charge in [0, 0.05) is 24.6 Å². The normalized spacial score (nSPS) is 26.7. The minimum Gasteiger partial charge on any atom is -0.480 e. The van der Waals surface area contributed by atoms with E-state index in [-0.39, 0.29) is 5.92 Å². The number of β-amino-alcohol motifs (C(OH)–C–C–N with tert-alkyl or cyclic N) is 1. The van der Waals surface area contributed by atoms with E-state index in [0.717, 1.165) is 12.3 Å². The van der Waals surface area contributed by atoms with Crippen molar-refractivity contribution in [1.29, 1.82) is 0 Å². The van der Waals surface area contributed by atoms with Gasteiger partial charge in [0.25, 0.3) is 0 Å². The topological polar surface area (TPSA) is 60.8 Å². The summed E-state index contributed by atoms with van der Waals surface area (Å²) in [6, 6.07) is -0.455. The fraction of sp³-hybridized carbons (Fsp3) is 0.909. The molecule has 2 unspecified atom stereocenters. The van der Waals surface area contributed by atoms with Crippen molar-refractivity contribution in [2.75, 3.05) is 24.6 Å². The zero-order valence-electron chi connectivity index (χ0n) is 10.1. The van der Waals surface area contributed by atoms with Gasteiger partial charge in [-0.15, -0.1) is 0 Å². The Bertz CT molecular complexity index is 256. The molecular weight excluding hydrogens is 226 g/mol. The van der Waals surface area contributed by atoms with Crippen molar-refractivity contribution >= 4 is 17.7 Å². The van der Waals surface area contributed by atoms with Gasteiger partial charge in [-0.05, 0) is 12.8 Å². The predicted octanol–water partition coefficient (Wildman–Crippen LogP) is 0.895. The number of aliphatic hydroxyl groups is 1. The zero-order valence-corrected chi connectivity index (χ0v) is 11.0. The van der Waals surface area contributed by atoms with Gasteiger partial charge in [0.15, 0.2) is 0 Å². The van der Waals surface area contributed by atoms with Crippen LogP contribution in [0.1, 0.15) is 20.8 Å². The maximum Gasteiger partial charge on any atom is 0.321 e. The highest BCUT2D eigenvalue weighted by atomic mass is 32.2. The van der Waals surface area contributed by atoms with E-state index in [1.54, 1.807) is 18.7 Å². The third kappa shape index (κ3) is 3.37. The third-order valence-electron chi connectivity index (χ3n) is 3.29. The van der Waals surface area contributed by atoms with Crippen LogP contribution >= 0.6 is 11.8 Å². The summed E-state index contributed by atoms with van der Waals surface area (Å²) >= 11 is 1.67. The van der Waals surface area contributed by atoms with E-state index in [9.17, 15) is 9.90 Å². The fourth-order valence-electron chi connectivity index (χ4n) is 1.65. The quantitative estimate of drug-likeness (QED) is 0.773. The van der Waals surface area contributed by atoms with Crippen molar-refractivity contribution in [2.45, 2.75) is 32.4 Å². The monoisotopic (exact) mass is 247 g/mol. The zero-order chi connectivity index (χ0) is 12.3. The number of nitrogens with zero attached hydrogens (tertiary/aromatic N) is 1. The summed E-state index contributed by atoms with van der Waals surface area (Å²) in [7, 11) is 0. The van der Waals surface area contributed by atoms with Gasteiger partial charge in [-0.25, -0.2) is 0 Å². The highest BCUT2D eigenvalue weighted by Gasteiger charge is 2.35. The highest BCUT2D eigenvalue weighted by molar-refractivity contribution is 7.99. The molecule has 2 atom stereocenters. The van der Waals surface area contributed by atoms with Crippen LogP contribution < -0.4 is 0 Å². The lowest BCUT2D eigenvalue weighted by Crippen LogP contribution is -2.54. The molecule has 94 valence electrons. The predicted molar refractivity (Wildman–Crippen MR) is 65.8 cm³/mol. The number of carboxylic acid groups (broad SMARTS) is 1. The molecule has 0 bridgehead atoms. The molecule has 0 radical (unpaired) electrons. The Kier molecular flexibility index (Phi) is 4.64. The van der Waals surface area contributed by atoms with Gasteiger partial charge in [0.05, 0.1) is 5.60 Å². The van der Waals surface area contributed by atoms with Crippen molar-refractivity contribution in [2.24, 2.45) is 5.92 Å². The molecule has 0 aromatic carbocycles. The van der Waals surface area contributed by atoms with Crippen molar-refractivity contribution in [1.82, 2.24) is 4.90 Å². The summed E-state index contributed by atoms with van der Waals surface area (Å²) < 4.78 is 0. The van der Waals surface area contributed by atoms with Gasteiger partial charge in [-0.1, -0.05) is 13.8 Å². The number of carbonyl (C=O) groups is 1. The van der Waals surface area contributed by atoms with Gasteiger partial charge < -0.3 is 10.2 Å². The average molecular weight is 247 g/mol. The van der Waals surface area contributed by atoms with E-state index in [0.29, 0.717) is 12.3 Å². The second kappa shape index (κ2) is 5.38. The largest absolute Gasteiger partial charge is 0.480 e. The van der Waals surface area contributed by atoms with E-state index < -0.39 is 17.6 Å². The Labute approximate surface area is 101 Å². The summed E-state index contributed by atoms with van der Waals surface area (Å²) in [6.07, 6.45) is 0. The van der Waals surface area contributed by atoms with E-state index in [1.807, 2.05) is 18.7 Å². The smallest absolute Gasteiger partial charge is 0.321 e. The Morgan fingerprint density at radius 3 is 2.75 bits per heavy atom. The Balaban J connectivity index is 2.66. The molecule has 1 aliphatic heterocycles. The number of carboxylic acids is 1. The third-order valence-corrected chi connectivity index (χ3v) is 4.31. The van der Waals surface area contributed by atoms with Gasteiger partial charge in [0.1, 0.15) is 6.04 Å². The summed E-state index contributed by atoms with van der Waals surface area (Å²) in [4.78, 5) is 13.0. The average Bonchev–Trinajstić information content (AvgIpc) is 2.17. The lowest BCUT2D eigenvalue weighted by Gasteiger charge is -2.39. The molecule has 0 amide bonds. The standard InChI is InChI=1S/C11H21NO3S/c1-8(2)11(3,15)7-12-4-5-16-6-9(12)10(13)14/h8-9,15H,4-7H2,1-3H3,(H,13,14). The molecule has 1 saturated heterocycles. The number of aliphatic carboxylic acids is 1. The van der Waals surface area contributed by atoms with Crippen molar-refractivity contribution in [3.63, 3.8) is 0 Å². The maximum absolute atomic E-state index is 11.1. The summed E-state index contributed by atoms with van der Waals surface area (Å²) in [6.45, 7) is 6.86. The number of thioether (sulfide) groups is 1. The van der Waals surface area contributed by atoms with E-state index in [4.69, 9.17) is 5.11 Å². The Morgan fingerprint density at radius 2 is 2.25 bits per heavy atom. The molecule has 0 spiro atoms. The molecule has 2 N–H and O–H groups in total. The van der Waals surface area contributed by atoms with Gasteiger partial charge >= 0.3 is 5.97 Å². The molecule has 1 fully saturated rings. The first-order valence-corrected chi connectivity index (χ1v) is 6.77. The number of hydrogen-bond acceptors (Lipinski definition) is 4. The summed E-state index contributed by atoms with van der Waals surface area (Å²) in [5, 5.41) is 19.3. The molecule has 1 rings (SSSR count). The van der Waals surface area contributed by atoms with Crippen LogP contribution in [0.4, 0.5) is 0 Å². The molecule has 1 aliphatic rings. The molecule has 0 saturated carbocycles. The Morgan fingerprint density at radius 1 is 1.62 bits per heavy atom. The van der Waals surface area contributed by atoms with E-state index in [1.165, 1.54) is 0 Å².